The van der Waals surface area contributed by atoms with Crippen LogP contribution in [0.4, 0.5) is 6.01 Å². The summed E-state index contributed by atoms with van der Waals surface area (Å²) in [6.45, 7) is 3.05. The molecule has 16 heavy (non-hydrogen) atoms. The van der Waals surface area contributed by atoms with Gasteiger partial charge in [-0.15, -0.1) is 16.7 Å². The van der Waals surface area contributed by atoms with Crippen LogP contribution in [0.2, 0.25) is 0 Å². The number of aromatic nitrogens is 2. The van der Waals surface area contributed by atoms with Gasteiger partial charge in [0.1, 0.15) is 0 Å². The lowest BCUT2D eigenvalue weighted by molar-refractivity contribution is 0.467. The van der Waals surface area contributed by atoms with Gasteiger partial charge in [0.2, 0.25) is 5.89 Å². The van der Waals surface area contributed by atoms with Gasteiger partial charge in [-0.25, -0.2) is 0 Å². The lowest BCUT2D eigenvalue weighted by Crippen LogP contribution is -2.33. The van der Waals surface area contributed by atoms with Crippen LogP contribution in [0.3, 0.4) is 0 Å². The number of rotatable bonds is 5. The Morgan fingerprint density at radius 1 is 1.38 bits per heavy atom. The molecule has 1 heterocycles. The molecule has 0 radical (unpaired) electrons. The Morgan fingerprint density at radius 3 is 2.75 bits per heavy atom. The van der Waals surface area contributed by atoms with Crippen LogP contribution < -0.4 is 4.90 Å². The molecule has 1 aliphatic carbocycles. The highest BCUT2D eigenvalue weighted by molar-refractivity contribution is 6.17. The van der Waals surface area contributed by atoms with E-state index in [0.29, 0.717) is 30.2 Å². The van der Waals surface area contributed by atoms with Gasteiger partial charge in [0.15, 0.2) is 0 Å². The van der Waals surface area contributed by atoms with Crippen LogP contribution in [-0.2, 0) is 6.42 Å². The average molecular weight is 244 g/mol. The minimum Gasteiger partial charge on any atom is -0.408 e. The van der Waals surface area contributed by atoms with Crippen molar-refractivity contribution >= 4 is 17.6 Å². The summed E-state index contributed by atoms with van der Waals surface area (Å²) in [5.74, 6) is 1.17. The molecule has 90 valence electrons. The second-order valence-electron chi connectivity index (χ2n) is 4.14. The van der Waals surface area contributed by atoms with E-state index < -0.39 is 0 Å². The second-order valence-corrected chi connectivity index (χ2v) is 4.52. The summed E-state index contributed by atoms with van der Waals surface area (Å²) in [6.07, 6.45) is 5.74. The minimum absolute atomic E-state index is 0.525. The topological polar surface area (TPSA) is 42.2 Å². The fourth-order valence-corrected chi connectivity index (χ4v) is 2.47. The van der Waals surface area contributed by atoms with Crippen molar-refractivity contribution in [3.63, 3.8) is 0 Å². The van der Waals surface area contributed by atoms with Crippen LogP contribution in [0.15, 0.2) is 4.42 Å². The molecule has 5 heteroatoms. The molecular formula is C11H18ClN3O. The van der Waals surface area contributed by atoms with Gasteiger partial charge in [0.25, 0.3) is 0 Å². The first kappa shape index (κ1) is 11.7. The minimum atomic E-state index is 0.525. The van der Waals surface area contributed by atoms with Crippen molar-refractivity contribution < 1.29 is 4.42 Å². The molecule has 1 fully saturated rings. The number of nitrogens with zero attached hydrogens (tertiary/aromatic N) is 3. The van der Waals surface area contributed by atoms with E-state index in [2.05, 4.69) is 22.0 Å². The van der Waals surface area contributed by atoms with Crippen LogP contribution >= 0.6 is 11.6 Å². The van der Waals surface area contributed by atoms with E-state index in [1.54, 1.807) is 0 Å². The summed E-state index contributed by atoms with van der Waals surface area (Å²) in [5.41, 5.74) is 0. The molecule has 2 rings (SSSR count). The van der Waals surface area contributed by atoms with Crippen molar-refractivity contribution in [3.8, 4) is 0 Å². The molecule has 0 amide bonds. The third-order valence-electron chi connectivity index (χ3n) is 3.12. The molecule has 1 aromatic heterocycles. The maximum absolute atomic E-state index is 5.64. The Bertz CT molecular complexity index is 323. The molecule has 0 spiro atoms. The quantitative estimate of drug-likeness (QED) is 0.746. The smallest absolute Gasteiger partial charge is 0.318 e. The van der Waals surface area contributed by atoms with Crippen molar-refractivity contribution in [1.82, 2.24) is 10.2 Å². The molecular weight excluding hydrogens is 226 g/mol. The summed E-state index contributed by atoms with van der Waals surface area (Å²) in [6, 6.07) is 1.24. The van der Waals surface area contributed by atoms with Crippen LogP contribution in [0, 0.1) is 0 Å². The van der Waals surface area contributed by atoms with E-state index in [1.807, 2.05) is 0 Å². The fourth-order valence-electron chi connectivity index (χ4n) is 2.31. The predicted molar refractivity (Wildman–Crippen MR) is 64.0 cm³/mol. The number of aryl methyl sites for hydroxylation is 1. The van der Waals surface area contributed by atoms with Crippen molar-refractivity contribution in [2.75, 3.05) is 17.3 Å². The van der Waals surface area contributed by atoms with E-state index in [1.165, 1.54) is 25.7 Å². The summed E-state index contributed by atoms with van der Waals surface area (Å²) in [4.78, 5) is 2.22. The van der Waals surface area contributed by atoms with E-state index in [4.69, 9.17) is 16.0 Å². The van der Waals surface area contributed by atoms with E-state index in [9.17, 15) is 0 Å². The molecule has 0 bridgehead atoms. The fraction of sp³-hybridized carbons (Fsp3) is 0.818. The Kier molecular flexibility index (Phi) is 4.04. The van der Waals surface area contributed by atoms with Crippen molar-refractivity contribution in [2.24, 2.45) is 0 Å². The number of hydrogen-bond acceptors (Lipinski definition) is 4. The molecule has 1 saturated carbocycles. The first-order chi connectivity index (χ1) is 7.85. The maximum Gasteiger partial charge on any atom is 0.318 e. The Hall–Kier alpha value is -0.770. The molecule has 0 aliphatic heterocycles. The Labute approximate surface area is 101 Å². The predicted octanol–water partition coefficient (Wildman–Crippen LogP) is 2.62. The lowest BCUT2D eigenvalue weighted by atomic mass is 10.2. The van der Waals surface area contributed by atoms with Crippen molar-refractivity contribution in [1.29, 1.82) is 0 Å². The molecule has 4 nitrogen and oxygen atoms in total. The standard InChI is InChI=1S/C11H18ClN3O/c1-2-15(9-5-3-4-6-9)11-14-13-10(16-11)7-8-12/h9H,2-8H2,1H3. The monoisotopic (exact) mass is 243 g/mol. The molecule has 1 aliphatic rings. The third-order valence-corrected chi connectivity index (χ3v) is 3.31. The van der Waals surface area contributed by atoms with Gasteiger partial charge in [-0.1, -0.05) is 17.9 Å². The van der Waals surface area contributed by atoms with Gasteiger partial charge in [0.05, 0.1) is 0 Å². The highest BCUT2D eigenvalue weighted by atomic mass is 35.5. The Balaban J connectivity index is 2.06. The van der Waals surface area contributed by atoms with Crippen molar-refractivity contribution in [3.05, 3.63) is 5.89 Å². The van der Waals surface area contributed by atoms with Gasteiger partial charge >= 0.3 is 6.01 Å². The highest BCUT2D eigenvalue weighted by Crippen LogP contribution is 2.27. The summed E-state index contributed by atoms with van der Waals surface area (Å²) in [7, 11) is 0. The largest absolute Gasteiger partial charge is 0.408 e. The number of anilines is 1. The zero-order valence-electron chi connectivity index (χ0n) is 9.65. The van der Waals surface area contributed by atoms with Crippen LogP contribution in [-0.4, -0.2) is 28.7 Å². The Morgan fingerprint density at radius 2 is 2.12 bits per heavy atom. The lowest BCUT2D eigenvalue weighted by Gasteiger charge is -2.24. The molecule has 1 aromatic rings. The normalized spacial score (nSPS) is 16.9. The zero-order valence-corrected chi connectivity index (χ0v) is 10.4. The van der Waals surface area contributed by atoms with Crippen LogP contribution in [0.5, 0.6) is 0 Å². The summed E-state index contributed by atoms with van der Waals surface area (Å²) in [5, 5.41) is 8.10. The maximum atomic E-state index is 5.64. The first-order valence-electron chi connectivity index (χ1n) is 6.00. The van der Waals surface area contributed by atoms with Crippen molar-refractivity contribution in [2.45, 2.75) is 45.1 Å². The first-order valence-corrected chi connectivity index (χ1v) is 6.53. The molecule has 0 atom stereocenters. The number of hydrogen-bond donors (Lipinski definition) is 0. The van der Waals surface area contributed by atoms with Crippen LogP contribution in [0.25, 0.3) is 0 Å². The van der Waals surface area contributed by atoms with Gasteiger partial charge in [-0.05, 0) is 19.8 Å². The van der Waals surface area contributed by atoms with Gasteiger partial charge in [-0.2, -0.15) is 0 Å². The van der Waals surface area contributed by atoms with E-state index >= 15 is 0 Å². The third kappa shape index (κ3) is 2.48. The zero-order chi connectivity index (χ0) is 11.4. The average Bonchev–Trinajstić information content (AvgIpc) is 2.92. The SMILES string of the molecule is CCN(c1nnc(CCCl)o1)C1CCCC1. The molecule has 0 unspecified atom stereocenters. The molecule has 0 saturated heterocycles. The molecule has 0 N–H and O–H groups in total. The molecule has 0 aromatic carbocycles. The van der Waals surface area contributed by atoms with E-state index in [0.717, 1.165) is 6.54 Å². The number of alkyl halides is 1. The van der Waals surface area contributed by atoms with Gasteiger partial charge in [-0.3, -0.25) is 0 Å². The van der Waals surface area contributed by atoms with Gasteiger partial charge in [0, 0.05) is 24.9 Å². The van der Waals surface area contributed by atoms with Crippen LogP contribution in [0.1, 0.15) is 38.5 Å². The number of halogens is 1. The summed E-state index contributed by atoms with van der Waals surface area (Å²) >= 11 is 5.64. The summed E-state index contributed by atoms with van der Waals surface area (Å²) < 4.78 is 5.61. The van der Waals surface area contributed by atoms with E-state index in [-0.39, 0.29) is 0 Å². The highest BCUT2D eigenvalue weighted by Gasteiger charge is 2.25. The second kappa shape index (κ2) is 5.53. The van der Waals surface area contributed by atoms with Gasteiger partial charge < -0.3 is 9.32 Å².